The molecule has 1 atom stereocenters. The minimum atomic E-state index is -3.51. The number of nitrogens with two attached hydrogens (primary N) is 1. The van der Waals surface area contributed by atoms with E-state index in [1.54, 1.807) is 22.5 Å². The largest absolute Gasteiger partial charge is 0.399 e. The van der Waals surface area contributed by atoms with Crippen LogP contribution in [0.4, 0.5) is 5.69 Å². The van der Waals surface area contributed by atoms with E-state index in [4.69, 9.17) is 5.73 Å². The SMILES string of the molecule is CCC1CN(C)CCCN1S(=O)(=O)c1ccc(N)cc1Br. The van der Waals surface area contributed by atoms with Crippen LogP contribution >= 0.6 is 15.9 Å². The van der Waals surface area contributed by atoms with Crippen molar-refractivity contribution < 1.29 is 8.42 Å². The summed E-state index contributed by atoms with van der Waals surface area (Å²) in [5, 5.41) is 0. The highest BCUT2D eigenvalue weighted by molar-refractivity contribution is 9.10. The van der Waals surface area contributed by atoms with E-state index in [-0.39, 0.29) is 6.04 Å². The van der Waals surface area contributed by atoms with E-state index >= 15 is 0 Å². The lowest BCUT2D eigenvalue weighted by atomic mass is 10.2. The lowest BCUT2D eigenvalue weighted by Crippen LogP contribution is -2.43. The van der Waals surface area contributed by atoms with Gasteiger partial charge < -0.3 is 10.6 Å². The van der Waals surface area contributed by atoms with Crippen molar-refractivity contribution in [1.82, 2.24) is 9.21 Å². The molecule has 1 fully saturated rings. The summed E-state index contributed by atoms with van der Waals surface area (Å²) < 4.78 is 28.1. The van der Waals surface area contributed by atoms with Gasteiger partial charge in [-0.15, -0.1) is 0 Å². The molecule has 0 aromatic heterocycles. The molecule has 0 radical (unpaired) electrons. The van der Waals surface area contributed by atoms with Gasteiger partial charge in [-0.1, -0.05) is 6.92 Å². The van der Waals surface area contributed by atoms with Crippen LogP contribution in [-0.2, 0) is 10.0 Å². The van der Waals surface area contributed by atoms with Crippen molar-refractivity contribution >= 4 is 31.6 Å². The van der Waals surface area contributed by atoms with Gasteiger partial charge in [0.1, 0.15) is 0 Å². The molecule has 0 bridgehead atoms. The third-order valence-corrected chi connectivity index (χ3v) is 6.79. The molecule has 0 aliphatic carbocycles. The van der Waals surface area contributed by atoms with E-state index < -0.39 is 10.0 Å². The van der Waals surface area contributed by atoms with Gasteiger partial charge in [-0.05, 0) is 60.6 Å². The normalized spacial score (nSPS) is 22.1. The predicted octanol–water partition coefficient (Wildman–Crippen LogP) is 2.14. The number of rotatable bonds is 3. The number of halogens is 1. The van der Waals surface area contributed by atoms with Gasteiger partial charge in [-0.3, -0.25) is 0 Å². The fourth-order valence-corrected chi connectivity index (χ4v) is 5.51. The van der Waals surface area contributed by atoms with Gasteiger partial charge in [0.15, 0.2) is 0 Å². The first-order valence-electron chi connectivity index (χ1n) is 7.11. The van der Waals surface area contributed by atoms with Crippen molar-refractivity contribution in [3.63, 3.8) is 0 Å². The monoisotopic (exact) mass is 375 g/mol. The van der Waals surface area contributed by atoms with E-state index in [1.165, 1.54) is 0 Å². The Labute approximate surface area is 135 Å². The smallest absolute Gasteiger partial charge is 0.244 e. The Balaban J connectivity index is 2.41. The van der Waals surface area contributed by atoms with E-state index in [1.807, 2.05) is 14.0 Å². The minimum absolute atomic E-state index is 0.00644. The topological polar surface area (TPSA) is 66.6 Å². The fraction of sp³-hybridized carbons (Fsp3) is 0.571. The van der Waals surface area contributed by atoms with Crippen LogP contribution in [0.5, 0.6) is 0 Å². The molecular weight excluding hydrogens is 354 g/mol. The van der Waals surface area contributed by atoms with Crippen molar-refractivity contribution in [2.24, 2.45) is 0 Å². The lowest BCUT2D eigenvalue weighted by molar-refractivity contribution is 0.270. The standard InChI is InChI=1S/C14H22BrN3O2S/c1-3-12-10-17(2)7-4-8-18(12)21(19,20)14-6-5-11(16)9-13(14)15/h5-6,9,12H,3-4,7-8,10,16H2,1-2H3. The van der Waals surface area contributed by atoms with E-state index in [9.17, 15) is 8.42 Å². The maximum Gasteiger partial charge on any atom is 0.244 e. The zero-order valence-corrected chi connectivity index (χ0v) is 14.8. The summed E-state index contributed by atoms with van der Waals surface area (Å²) in [6.45, 7) is 4.28. The molecule has 1 heterocycles. The second-order valence-electron chi connectivity index (χ2n) is 5.48. The molecule has 2 rings (SSSR count). The Bertz CT molecular complexity index is 606. The maximum absolute atomic E-state index is 13.0. The molecule has 1 aliphatic heterocycles. The fourth-order valence-electron chi connectivity index (χ4n) is 2.72. The van der Waals surface area contributed by atoms with Gasteiger partial charge in [-0.25, -0.2) is 8.42 Å². The number of benzene rings is 1. The average molecular weight is 376 g/mol. The zero-order chi connectivity index (χ0) is 15.6. The van der Waals surface area contributed by atoms with Gasteiger partial charge in [0, 0.05) is 29.3 Å². The summed E-state index contributed by atoms with van der Waals surface area (Å²) in [6, 6.07) is 4.85. The van der Waals surface area contributed by atoms with E-state index in [2.05, 4.69) is 20.8 Å². The van der Waals surface area contributed by atoms with Crippen molar-refractivity contribution in [2.45, 2.75) is 30.7 Å². The van der Waals surface area contributed by atoms with Crippen LogP contribution in [-0.4, -0.2) is 50.3 Å². The number of likely N-dealkylation sites (N-methyl/N-ethyl adjacent to an activating group) is 1. The first kappa shape index (κ1) is 16.7. The third-order valence-electron chi connectivity index (χ3n) is 3.86. The summed E-state index contributed by atoms with van der Waals surface area (Å²) >= 11 is 3.33. The summed E-state index contributed by atoms with van der Waals surface area (Å²) in [5.74, 6) is 0. The minimum Gasteiger partial charge on any atom is -0.399 e. The Morgan fingerprint density at radius 1 is 1.38 bits per heavy atom. The molecule has 2 N–H and O–H groups in total. The quantitative estimate of drug-likeness (QED) is 0.821. The van der Waals surface area contributed by atoms with Gasteiger partial charge in [0.05, 0.1) is 4.90 Å². The van der Waals surface area contributed by atoms with Gasteiger partial charge in [-0.2, -0.15) is 4.31 Å². The summed E-state index contributed by atoms with van der Waals surface area (Å²) in [7, 11) is -1.47. The van der Waals surface area contributed by atoms with Gasteiger partial charge >= 0.3 is 0 Å². The Kier molecular flexibility index (Phi) is 5.29. The average Bonchev–Trinajstić information content (AvgIpc) is 2.59. The van der Waals surface area contributed by atoms with Gasteiger partial charge in [0.2, 0.25) is 10.0 Å². The summed E-state index contributed by atoms with van der Waals surface area (Å²) in [6.07, 6.45) is 1.65. The van der Waals surface area contributed by atoms with Crippen molar-refractivity contribution in [3.8, 4) is 0 Å². The van der Waals surface area contributed by atoms with Crippen molar-refractivity contribution in [2.75, 3.05) is 32.4 Å². The van der Waals surface area contributed by atoms with Crippen LogP contribution in [0.3, 0.4) is 0 Å². The summed E-state index contributed by atoms with van der Waals surface area (Å²) in [5.41, 5.74) is 6.25. The van der Waals surface area contributed by atoms with Crippen LogP contribution < -0.4 is 5.73 Å². The first-order chi connectivity index (χ1) is 9.86. The molecule has 1 saturated heterocycles. The summed E-state index contributed by atoms with van der Waals surface area (Å²) in [4.78, 5) is 2.49. The second-order valence-corrected chi connectivity index (χ2v) is 8.20. The van der Waals surface area contributed by atoms with Crippen LogP contribution in [0.2, 0.25) is 0 Å². The maximum atomic E-state index is 13.0. The van der Waals surface area contributed by atoms with E-state index in [0.717, 1.165) is 25.9 Å². The number of nitrogen functional groups attached to an aromatic ring is 1. The number of hydrogen-bond acceptors (Lipinski definition) is 4. The molecule has 21 heavy (non-hydrogen) atoms. The third kappa shape index (κ3) is 3.59. The highest BCUT2D eigenvalue weighted by atomic mass is 79.9. The molecular formula is C14H22BrN3O2S. The number of anilines is 1. The first-order valence-corrected chi connectivity index (χ1v) is 9.35. The second kappa shape index (κ2) is 6.64. The van der Waals surface area contributed by atoms with Crippen LogP contribution in [0.1, 0.15) is 19.8 Å². The molecule has 1 aromatic carbocycles. The molecule has 118 valence electrons. The number of nitrogens with zero attached hydrogens (tertiary/aromatic N) is 2. The molecule has 1 aliphatic rings. The van der Waals surface area contributed by atoms with Crippen molar-refractivity contribution in [3.05, 3.63) is 22.7 Å². The molecule has 0 saturated carbocycles. The van der Waals surface area contributed by atoms with E-state index in [0.29, 0.717) is 21.6 Å². The van der Waals surface area contributed by atoms with Crippen LogP contribution in [0.15, 0.2) is 27.6 Å². The predicted molar refractivity (Wildman–Crippen MR) is 88.6 cm³/mol. The van der Waals surface area contributed by atoms with Crippen LogP contribution in [0.25, 0.3) is 0 Å². The Hall–Kier alpha value is -0.630. The van der Waals surface area contributed by atoms with Crippen LogP contribution in [0, 0.1) is 0 Å². The molecule has 7 heteroatoms. The molecule has 0 amide bonds. The molecule has 0 spiro atoms. The lowest BCUT2D eigenvalue weighted by Gasteiger charge is -2.29. The van der Waals surface area contributed by atoms with Gasteiger partial charge in [0.25, 0.3) is 0 Å². The highest BCUT2D eigenvalue weighted by Gasteiger charge is 2.33. The number of sulfonamides is 1. The van der Waals surface area contributed by atoms with Crippen molar-refractivity contribution in [1.29, 1.82) is 0 Å². The number of hydrogen-bond donors (Lipinski definition) is 1. The Morgan fingerprint density at radius 2 is 2.10 bits per heavy atom. The highest BCUT2D eigenvalue weighted by Crippen LogP contribution is 2.29. The molecule has 1 unspecified atom stereocenters. The zero-order valence-electron chi connectivity index (χ0n) is 12.4. The Morgan fingerprint density at radius 3 is 2.71 bits per heavy atom. The molecule has 5 nitrogen and oxygen atoms in total. The molecule has 1 aromatic rings.